The Morgan fingerprint density at radius 1 is 1.09 bits per heavy atom. The molecule has 23 heavy (non-hydrogen) atoms. The maximum Gasteiger partial charge on any atom is 0.279 e. The Labute approximate surface area is 140 Å². The van der Waals surface area contributed by atoms with Gasteiger partial charge < -0.3 is 4.90 Å². The van der Waals surface area contributed by atoms with Crippen molar-refractivity contribution < 1.29 is 8.42 Å². The number of benzene rings is 1. The molecule has 1 fully saturated rings. The molecule has 0 amide bonds. The summed E-state index contributed by atoms with van der Waals surface area (Å²) in [5.74, 6) is 0. The van der Waals surface area contributed by atoms with Crippen LogP contribution in [0.15, 0.2) is 24.3 Å². The number of aryl methyl sites for hydroxylation is 1. The molecule has 5 nitrogen and oxygen atoms in total. The highest BCUT2D eigenvalue weighted by Crippen LogP contribution is 2.21. The van der Waals surface area contributed by atoms with Crippen molar-refractivity contribution in [1.82, 2.24) is 9.03 Å². The van der Waals surface area contributed by atoms with Gasteiger partial charge in [0.25, 0.3) is 10.2 Å². The molecule has 1 saturated heterocycles. The maximum absolute atomic E-state index is 12.3. The molecule has 1 aromatic carbocycles. The Kier molecular flexibility index (Phi) is 6.44. The van der Waals surface area contributed by atoms with E-state index >= 15 is 0 Å². The molecule has 6 heteroatoms. The minimum atomic E-state index is -3.35. The minimum absolute atomic E-state index is 0.0340. The topological polar surface area (TPSA) is 52.7 Å². The second-order valence-electron chi connectivity index (χ2n) is 5.99. The standard InChI is InChI=1S/C17H29N3O2S/c1-4-15-7-9-17(10-8-15)19-13-11-16(12-14-19)18-23(21,22)20(5-2)6-3/h7-10,16,18H,4-6,11-14H2,1-3H3. The van der Waals surface area contributed by atoms with Crippen LogP contribution in [0, 0.1) is 0 Å². The first-order valence-electron chi connectivity index (χ1n) is 8.61. The van der Waals surface area contributed by atoms with E-state index in [2.05, 4.69) is 40.8 Å². The van der Waals surface area contributed by atoms with Crippen LogP contribution in [0.5, 0.6) is 0 Å². The van der Waals surface area contributed by atoms with Gasteiger partial charge in [0.2, 0.25) is 0 Å². The van der Waals surface area contributed by atoms with Crippen LogP contribution in [-0.2, 0) is 16.6 Å². The summed E-state index contributed by atoms with van der Waals surface area (Å²) in [5.41, 5.74) is 2.57. The van der Waals surface area contributed by atoms with Crippen LogP contribution in [0.25, 0.3) is 0 Å². The monoisotopic (exact) mass is 339 g/mol. The molecule has 0 atom stereocenters. The van der Waals surface area contributed by atoms with Crippen LogP contribution in [0.4, 0.5) is 5.69 Å². The van der Waals surface area contributed by atoms with E-state index in [1.165, 1.54) is 15.6 Å². The lowest BCUT2D eigenvalue weighted by Crippen LogP contribution is -2.49. The second kappa shape index (κ2) is 8.13. The molecule has 0 unspecified atom stereocenters. The molecule has 0 saturated carbocycles. The van der Waals surface area contributed by atoms with Crippen molar-refractivity contribution in [1.29, 1.82) is 0 Å². The summed E-state index contributed by atoms with van der Waals surface area (Å²) < 4.78 is 28.9. The van der Waals surface area contributed by atoms with Crippen LogP contribution in [0.2, 0.25) is 0 Å². The molecular weight excluding hydrogens is 310 g/mol. The van der Waals surface area contributed by atoms with Gasteiger partial charge in [-0.15, -0.1) is 0 Å². The zero-order chi connectivity index (χ0) is 16.9. The van der Waals surface area contributed by atoms with Gasteiger partial charge in [-0.3, -0.25) is 0 Å². The molecule has 130 valence electrons. The first kappa shape index (κ1) is 18.2. The Bertz CT molecular complexity index is 574. The fraction of sp³-hybridized carbons (Fsp3) is 0.647. The number of piperidine rings is 1. The number of hydrogen-bond donors (Lipinski definition) is 1. The molecule has 0 spiro atoms. The molecule has 1 aliphatic rings. The summed E-state index contributed by atoms with van der Waals surface area (Å²) >= 11 is 0. The molecule has 0 aromatic heterocycles. The van der Waals surface area contributed by atoms with E-state index in [4.69, 9.17) is 0 Å². The summed E-state index contributed by atoms with van der Waals surface area (Å²) in [6, 6.07) is 8.71. The van der Waals surface area contributed by atoms with Crippen LogP contribution in [0.1, 0.15) is 39.2 Å². The Morgan fingerprint density at radius 3 is 2.13 bits per heavy atom. The predicted octanol–water partition coefficient (Wildman–Crippen LogP) is 2.39. The van der Waals surface area contributed by atoms with Gasteiger partial charge in [0, 0.05) is 37.9 Å². The number of nitrogens with one attached hydrogen (secondary N) is 1. The van der Waals surface area contributed by atoms with E-state index in [0.29, 0.717) is 13.1 Å². The fourth-order valence-corrected chi connectivity index (χ4v) is 4.53. The van der Waals surface area contributed by atoms with Gasteiger partial charge in [-0.05, 0) is 37.0 Å². The third-order valence-corrected chi connectivity index (χ3v) is 6.39. The molecule has 0 radical (unpaired) electrons. The highest BCUT2D eigenvalue weighted by Gasteiger charge is 2.26. The Balaban J connectivity index is 1.90. The van der Waals surface area contributed by atoms with Crippen molar-refractivity contribution in [2.75, 3.05) is 31.1 Å². The highest BCUT2D eigenvalue weighted by atomic mass is 32.2. The van der Waals surface area contributed by atoms with E-state index in [9.17, 15) is 8.42 Å². The molecular formula is C17H29N3O2S. The Hall–Kier alpha value is -1.11. The van der Waals surface area contributed by atoms with Crippen molar-refractivity contribution in [2.45, 2.75) is 46.1 Å². The van der Waals surface area contributed by atoms with E-state index < -0.39 is 10.2 Å². The van der Waals surface area contributed by atoms with Gasteiger partial charge >= 0.3 is 0 Å². The van der Waals surface area contributed by atoms with E-state index in [1.807, 2.05) is 13.8 Å². The minimum Gasteiger partial charge on any atom is -0.371 e. The number of rotatable bonds is 7. The zero-order valence-corrected chi connectivity index (χ0v) is 15.3. The molecule has 1 heterocycles. The lowest BCUT2D eigenvalue weighted by Gasteiger charge is -2.34. The average molecular weight is 340 g/mol. The average Bonchev–Trinajstić information content (AvgIpc) is 2.56. The number of anilines is 1. The zero-order valence-electron chi connectivity index (χ0n) is 14.5. The highest BCUT2D eigenvalue weighted by molar-refractivity contribution is 7.87. The first-order chi connectivity index (χ1) is 11.0. The molecule has 1 aromatic rings. The predicted molar refractivity (Wildman–Crippen MR) is 96.0 cm³/mol. The van der Waals surface area contributed by atoms with Crippen LogP contribution < -0.4 is 9.62 Å². The van der Waals surface area contributed by atoms with Crippen LogP contribution in [-0.4, -0.2) is 44.9 Å². The van der Waals surface area contributed by atoms with Crippen molar-refractivity contribution >= 4 is 15.9 Å². The molecule has 2 rings (SSSR count). The van der Waals surface area contributed by atoms with Gasteiger partial charge in [0.1, 0.15) is 0 Å². The van der Waals surface area contributed by atoms with Crippen molar-refractivity contribution in [3.8, 4) is 0 Å². The van der Waals surface area contributed by atoms with E-state index in [-0.39, 0.29) is 6.04 Å². The van der Waals surface area contributed by atoms with Crippen LogP contribution >= 0.6 is 0 Å². The fourth-order valence-electron chi connectivity index (χ4n) is 3.05. The van der Waals surface area contributed by atoms with Crippen molar-refractivity contribution in [2.24, 2.45) is 0 Å². The normalized spacial score (nSPS) is 17.0. The number of nitrogens with zero attached hydrogens (tertiary/aromatic N) is 2. The smallest absolute Gasteiger partial charge is 0.279 e. The lowest BCUT2D eigenvalue weighted by molar-refractivity contribution is 0.405. The first-order valence-corrected chi connectivity index (χ1v) is 10.1. The third-order valence-electron chi connectivity index (χ3n) is 4.57. The van der Waals surface area contributed by atoms with E-state index in [1.54, 1.807) is 0 Å². The van der Waals surface area contributed by atoms with Gasteiger partial charge in [-0.2, -0.15) is 17.4 Å². The molecule has 0 bridgehead atoms. The lowest BCUT2D eigenvalue weighted by atomic mass is 10.0. The van der Waals surface area contributed by atoms with Crippen molar-refractivity contribution in [3.63, 3.8) is 0 Å². The SMILES string of the molecule is CCc1ccc(N2CCC(NS(=O)(=O)N(CC)CC)CC2)cc1. The Morgan fingerprint density at radius 2 is 1.65 bits per heavy atom. The van der Waals surface area contributed by atoms with Crippen molar-refractivity contribution in [3.05, 3.63) is 29.8 Å². The summed E-state index contributed by atoms with van der Waals surface area (Å²) in [7, 11) is -3.35. The number of hydrogen-bond acceptors (Lipinski definition) is 3. The second-order valence-corrected chi connectivity index (χ2v) is 7.69. The van der Waals surface area contributed by atoms with Crippen LogP contribution in [0.3, 0.4) is 0 Å². The summed E-state index contributed by atoms with van der Waals surface area (Å²) in [5, 5.41) is 0. The third kappa shape index (κ3) is 4.68. The van der Waals surface area contributed by atoms with Gasteiger partial charge in [-0.1, -0.05) is 32.9 Å². The molecule has 1 aliphatic heterocycles. The quantitative estimate of drug-likeness (QED) is 0.830. The summed E-state index contributed by atoms with van der Waals surface area (Å²) in [4.78, 5) is 2.33. The maximum atomic E-state index is 12.3. The van der Waals surface area contributed by atoms with Gasteiger partial charge in [0.05, 0.1) is 0 Å². The van der Waals surface area contributed by atoms with Gasteiger partial charge in [0.15, 0.2) is 0 Å². The summed E-state index contributed by atoms with van der Waals surface area (Å²) in [6.07, 6.45) is 2.74. The van der Waals surface area contributed by atoms with E-state index in [0.717, 1.165) is 32.4 Å². The summed E-state index contributed by atoms with van der Waals surface area (Å²) in [6.45, 7) is 8.68. The molecule has 1 N–H and O–H groups in total. The van der Waals surface area contributed by atoms with Gasteiger partial charge in [-0.25, -0.2) is 0 Å². The largest absolute Gasteiger partial charge is 0.371 e. The molecule has 0 aliphatic carbocycles.